The Bertz CT molecular complexity index is 645. The summed E-state index contributed by atoms with van der Waals surface area (Å²) in [7, 11) is 1.97. The Labute approximate surface area is 136 Å². The SMILES string of the molecule is Cn1cc(CCCN2CCC[C@H](c3noc(C4CC4)n3)C2)cn1. The van der Waals surface area contributed by atoms with Crippen LogP contribution in [-0.2, 0) is 13.5 Å². The van der Waals surface area contributed by atoms with E-state index in [9.17, 15) is 0 Å². The van der Waals surface area contributed by atoms with E-state index in [4.69, 9.17) is 4.52 Å². The zero-order valence-corrected chi connectivity index (χ0v) is 13.8. The smallest absolute Gasteiger partial charge is 0.229 e. The Morgan fingerprint density at radius 1 is 1.26 bits per heavy atom. The molecular weight excluding hydrogens is 290 g/mol. The summed E-state index contributed by atoms with van der Waals surface area (Å²) >= 11 is 0. The molecule has 2 fully saturated rings. The first kappa shape index (κ1) is 14.9. The largest absolute Gasteiger partial charge is 0.339 e. The Kier molecular flexibility index (Phi) is 4.16. The van der Waals surface area contributed by atoms with E-state index >= 15 is 0 Å². The Morgan fingerprint density at radius 2 is 2.17 bits per heavy atom. The molecule has 2 aromatic rings. The van der Waals surface area contributed by atoms with E-state index < -0.39 is 0 Å². The summed E-state index contributed by atoms with van der Waals surface area (Å²) in [6.07, 6.45) is 11.2. The van der Waals surface area contributed by atoms with E-state index in [-0.39, 0.29) is 0 Å². The summed E-state index contributed by atoms with van der Waals surface area (Å²) in [5.41, 5.74) is 1.33. The van der Waals surface area contributed by atoms with E-state index in [0.717, 1.165) is 31.2 Å². The predicted octanol–water partition coefficient (Wildman–Crippen LogP) is 2.49. The van der Waals surface area contributed by atoms with Crippen LogP contribution in [0.3, 0.4) is 0 Å². The summed E-state index contributed by atoms with van der Waals surface area (Å²) in [5, 5.41) is 8.47. The first-order valence-corrected chi connectivity index (χ1v) is 8.81. The molecule has 4 rings (SSSR count). The summed E-state index contributed by atoms with van der Waals surface area (Å²) in [6, 6.07) is 0. The van der Waals surface area contributed by atoms with Crippen molar-refractivity contribution < 1.29 is 4.52 Å². The normalized spacial score (nSPS) is 22.6. The second kappa shape index (κ2) is 6.43. The molecule has 1 saturated heterocycles. The fourth-order valence-corrected chi connectivity index (χ4v) is 3.49. The van der Waals surface area contributed by atoms with Gasteiger partial charge >= 0.3 is 0 Å². The maximum absolute atomic E-state index is 5.43. The van der Waals surface area contributed by atoms with E-state index in [0.29, 0.717) is 11.8 Å². The molecule has 3 heterocycles. The second-order valence-electron chi connectivity index (χ2n) is 7.03. The zero-order valence-electron chi connectivity index (χ0n) is 13.8. The van der Waals surface area contributed by atoms with Crippen molar-refractivity contribution >= 4 is 0 Å². The van der Waals surface area contributed by atoms with Crippen LogP contribution in [0.4, 0.5) is 0 Å². The second-order valence-corrected chi connectivity index (χ2v) is 7.03. The number of piperidine rings is 1. The molecule has 0 bridgehead atoms. The third-order valence-electron chi connectivity index (χ3n) is 4.95. The number of hydrogen-bond donors (Lipinski definition) is 0. The monoisotopic (exact) mass is 315 g/mol. The van der Waals surface area contributed by atoms with Gasteiger partial charge in [0, 0.05) is 31.6 Å². The highest BCUT2D eigenvalue weighted by molar-refractivity contribution is 5.06. The minimum absolute atomic E-state index is 0.443. The maximum Gasteiger partial charge on any atom is 0.229 e. The molecule has 124 valence electrons. The van der Waals surface area contributed by atoms with Gasteiger partial charge < -0.3 is 9.42 Å². The molecule has 0 radical (unpaired) electrons. The molecular formula is C17H25N5O. The van der Waals surface area contributed by atoms with Crippen LogP contribution in [0.5, 0.6) is 0 Å². The summed E-state index contributed by atoms with van der Waals surface area (Å²) in [5.74, 6) is 2.80. The average molecular weight is 315 g/mol. The van der Waals surface area contributed by atoms with Gasteiger partial charge in [0.05, 0.1) is 6.20 Å². The van der Waals surface area contributed by atoms with Crippen molar-refractivity contribution in [2.75, 3.05) is 19.6 Å². The molecule has 6 heteroatoms. The summed E-state index contributed by atoms with van der Waals surface area (Å²) in [6.45, 7) is 3.40. The van der Waals surface area contributed by atoms with Crippen LogP contribution >= 0.6 is 0 Å². The molecule has 2 aliphatic rings. The number of aryl methyl sites for hydroxylation is 2. The van der Waals surface area contributed by atoms with Gasteiger partial charge in [-0.05, 0) is 57.2 Å². The molecule has 1 aliphatic carbocycles. The number of aromatic nitrogens is 4. The van der Waals surface area contributed by atoms with Gasteiger partial charge in [0.25, 0.3) is 0 Å². The molecule has 23 heavy (non-hydrogen) atoms. The molecule has 0 aromatic carbocycles. The highest BCUT2D eigenvalue weighted by Crippen LogP contribution is 2.39. The van der Waals surface area contributed by atoms with Gasteiger partial charge in [-0.15, -0.1) is 0 Å². The number of rotatable bonds is 6. The van der Waals surface area contributed by atoms with Crippen LogP contribution in [0.1, 0.15) is 61.2 Å². The third-order valence-corrected chi connectivity index (χ3v) is 4.95. The number of likely N-dealkylation sites (tertiary alicyclic amines) is 1. The van der Waals surface area contributed by atoms with E-state index in [1.165, 1.54) is 44.2 Å². The average Bonchev–Trinajstić information content (AvgIpc) is 3.14. The van der Waals surface area contributed by atoms with Gasteiger partial charge in [-0.3, -0.25) is 4.68 Å². The maximum atomic E-state index is 5.43. The molecule has 0 N–H and O–H groups in total. The van der Waals surface area contributed by atoms with Crippen molar-refractivity contribution in [1.29, 1.82) is 0 Å². The lowest BCUT2D eigenvalue weighted by atomic mass is 9.97. The first-order chi connectivity index (χ1) is 11.3. The van der Waals surface area contributed by atoms with Crippen LogP contribution in [0.2, 0.25) is 0 Å². The molecule has 1 atom stereocenters. The zero-order chi connectivity index (χ0) is 15.6. The lowest BCUT2D eigenvalue weighted by molar-refractivity contribution is 0.200. The highest BCUT2D eigenvalue weighted by atomic mass is 16.5. The van der Waals surface area contributed by atoms with Crippen LogP contribution < -0.4 is 0 Å². The van der Waals surface area contributed by atoms with Crippen molar-refractivity contribution in [3.8, 4) is 0 Å². The first-order valence-electron chi connectivity index (χ1n) is 8.81. The molecule has 1 aliphatic heterocycles. The minimum Gasteiger partial charge on any atom is -0.339 e. The number of nitrogens with zero attached hydrogens (tertiary/aromatic N) is 5. The van der Waals surface area contributed by atoms with Gasteiger partial charge in [0.2, 0.25) is 5.89 Å². The lowest BCUT2D eigenvalue weighted by Crippen LogP contribution is -2.35. The van der Waals surface area contributed by atoms with Crippen LogP contribution in [-0.4, -0.2) is 44.5 Å². The standard InChI is InChI=1S/C17H25N5O/c1-21-11-13(10-18-21)4-2-8-22-9-3-5-15(12-22)16-19-17(23-20-16)14-6-7-14/h10-11,14-15H,2-9,12H2,1H3/t15-/m0/s1. The van der Waals surface area contributed by atoms with Crippen molar-refractivity contribution in [3.63, 3.8) is 0 Å². The fraction of sp³-hybridized carbons (Fsp3) is 0.706. The van der Waals surface area contributed by atoms with Crippen molar-refractivity contribution in [2.45, 2.75) is 50.4 Å². The molecule has 1 saturated carbocycles. The van der Waals surface area contributed by atoms with E-state index in [1.807, 2.05) is 17.9 Å². The van der Waals surface area contributed by atoms with Crippen LogP contribution in [0.25, 0.3) is 0 Å². The minimum atomic E-state index is 0.443. The van der Waals surface area contributed by atoms with Crippen molar-refractivity contribution in [3.05, 3.63) is 29.7 Å². The van der Waals surface area contributed by atoms with Gasteiger partial charge in [0.15, 0.2) is 5.82 Å². The van der Waals surface area contributed by atoms with E-state index in [2.05, 4.69) is 26.3 Å². The molecule has 6 nitrogen and oxygen atoms in total. The Hall–Kier alpha value is -1.69. The van der Waals surface area contributed by atoms with Gasteiger partial charge in [-0.25, -0.2) is 0 Å². The molecule has 0 spiro atoms. The lowest BCUT2D eigenvalue weighted by Gasteiger charge is -2.31. The topological polar surface area (TPSA) is 60.0 Å². The van der Waals surface area contributed by atoms with Crippen LogP contribution in [0.15, 0.2) is 16.9 Å². The van der Waals surface area contributed by atoms with Crippen LogP contribution in [0, 0.1) is 0 Å². The summed E-state index contributed by atoms with van der Waals surface area (Å²) in [4.78, 5) is 7.20. The van der Waals surface area contributed by atoms with E-state index in [1.54, 1.807) is 0 Å². The van der Waals surface area contributed by atoms with Crippen molar-refractivity contribution in [1.82, 2.24) is 24.8 Å². The molecule has 2 aromatic heterocycles. The highest BCUT2D eigenvalue weighted by Gasteiger charge is 2.32. The van der Waals surface area contributed by atoms with Gasteiger partial charge in [-0.2, -0.15) is 10.1 Å². The van der Waals surface area contributed by atoms with Gasteiger partial charge in [-0.1, -0.05) is 5.16 Å². The fourth-order valence-electron chi connectivity index (χ4n) is 3.49. The quantitative estimate of drug-likeness (QED) is 0.819. The van der Waals surface area contributed by atoms with Gasteiger partial charge in [0.1, 0.15) is 0 Å². The Morgan fingerprint density at radius 3 is 2.96 bits per heavy atom. The molecule has 0 unspecified atom stereocenters. The summed E-state index contributed by atoms with van der Waals surface area (Å²) < 4.78 is 7.30. The van der Waals surface area contributed by atoms with Crippen molar-refractivity contribution in [2.24, 2.45) is 7.05 Å². The third kappa shape index (κ3) is 3.63. The Balaban J connectivity index is 1.28. The molecule has 0 amide bonds. The number of hydrogen-bond acceptors (Lipinski definition) is 5. The predicted molar refractivity (Wildman–Crippen MR) is 86.2 cm³/mol.